The summed E-state index contributed by atoms with van der Waals surface area (Å²) >= 11 is 0. The molecule has 0 amide bonds. The molecule has 28 heavy (non-hydrogen) atoms. The molecular weight excluding hydrogens is 374 g/mol. The summed E-state index contributed by atoms with van der Waals surface area (Å²) in [5.41, 5.74) is 2.25. The van der Waals surface area contributed by atoms with Crippen LogP contribution in [0.4, 0.5) is 5.82 Å². The van der Waals surface area contributed by atoms with Gasteiger partial charge in [-0.1, -0.05) is 45.0 Å². The Hall–Kier alpha value is -2.50. The molecule has 2 aromatic rings. The van der Waals surface area contributed by atoms with Crippen molar-refractivity contribution < 1.29 is 8.42 Å². The SMILES string of the molecule is CC(C)(C)c1ccc(CS(=O)(=O)NC2CCN(c3ccc(C#N)nn3)C2)cc1. The molecule has 1 aliphatic rings. The lowest BCUT2D eigenvalue weighted by Crippen LogP contribution is -2.37. The topological polar surface area (TPSA) is 99.0 Å². The number of nitrogens with one attached hydrogen (secondary N) is 1. The number of hydrogen-bond acceptors (Lipinski definition) is 6. The fourth-order valence-corrected chi connectivity index (χ4v) is 4.65. The number of aromatic nitrogens is 2. The smallest absolute Gasteiger partial charge is 0.216 e. The van der Waals surface area contributed by atoms with Crippen molar-refractivity contribution in [1.82, 2.24) is 14.9 Å². The van der Waals surface area contributed by atoms with Crippen LogP contribution in [0.3, 0.4) is 0 Å². The van der Waals surface area contributed by atoms with Crippen LogP contribution in [-0.2, 0) is 21.2 Å². The zero-order valence-corrected chi connectivity index (χ0v) is 17.2. The molecule has 0 aliphatic carbocycles. The van der Waals surface area contributed by atoms with Crippen LogP contribution in [0.15, 0.2) is 36.4 Å². The zero-order chi connectivity index (χ0) is 20.4. The molecule has 0 spiro atoms. The lowest BCUT2D eigenvalue weighted by molar-refractivity contribution is 0.560. The first kappa shape index (κ1) is 20.2. The van der Waals surface area contributed by atoms with Crippen molar-refractivity contribution >= 4 is 15.8 Å². The highest BCUT2D eigenvalue weighted by molar-refractivity contribution is 7.88. The van der Waals surface area contributed by atoms with Gasteiger partial charge in [0.05, 0.1) is 5.75 Å². The lowest BCUT2D eigenvalue weighted by Gasteiger charge is -2.19. The molecule has 0 bridgehead atoms. The molecule has 2 heterocycles. The zero-order valence-electron chi connectivity index (χ0n) is 16.4. The van der Waals surface area contributed by atoms with Gasteiger partial charge in [-0.25, -0.2) is 13.1 Å². The Morgan fingerprint density at radius 1 is 1.18 bits per heavy atom. The Morgan fingerprint density at radius 2 is 1.89 bits per heavy atom. The van der Waals surface area contributed by atoms with Crippen molar-refractivity contribution in [2.75, 3.05) is 18.0 Å². The van der Waals surface area contributed by atoms with Gasteiger partial charge in [-0.15, -0.1) is 10.2 Å². The molecule has 7 nitrogen and oxygen atoms in total. The van der Waals surface area contributed by atoms with E-state index in [-0.39, 0.29) is 22.9 Å². The standard InChI is InChI=1S/C20H25N5O2S/c1-20(2,3)16-6-4-15(5-7-16)14-28(26,27)24-18-10-11-25(13-18)19-9-8-17(12-21)22-23-19/h4-9,18,24H,10-11,13-14H2,1-3H3. The van der Waals surface area contributed by atoms with Gasteiger partial charge in [0.25, 0.3) is 0 Å². The van der Waals surface area contributed by atoms with Gasteiger partial charge in [0.1, 0.15) is 6.07 Å². The normalized spacial score (nSPS) is 17.5. The molecule has 3 rings (SSSR count). The predicted octanol–water partition coefficient (Wildman–Crippen LogP) is 2.34. The fourth-order valence-electron chi connectivity index (χ4n) is 3.23. The van der Waals surface area contributed by atoms with Crippen molar-refractivity contribution in [3.05, 3.63) is 53.2 Å². The van der Waals surface area contributed by atoms with Crippen molar-refractivity contribution in [2.45, 2.75) is 44.4 Å². The average Bonchev–Trinajstić information content (AvgIpc) is 3.08. The van der Waals surface area contributed by atoms with Gasteiger partial charge in [0.2, 0.25) is 10.0 Å². The van der Waals surface area contributed by atoms with E-state index >= 15 is 0 Å². The van der Waals surface area contributed by atoms with E-state index in [2.05, 4.69) is 35.7 Å². The summed E-state index contributed by atoms with van der Waals surface area (Å²) in [6.45, 7) is 7.61. The predicted molar refractivity (Wildman–Crippen MR) is 108 cm³/mol. The highest BCUT2D eigenvalue weighted by atomic mass is 32.2. The second-order valence-corrected chi connectivity index (χ2v) is 9.90. The largest absolute Gasteiger partial charge is 0.353 e. The molecule has 0 saturated carbocycles. The summed E-state index contributed by atoms with van der Waals surface area (Å²) in [6, 6.07) is 12.9. The number of nitriles is 1. The number of nitrogens with zero attached hydrogens (tertiary/aromatic N) is 4. The molecule has 1 unspecified atom stereocenters. The molecule has 1 fully saturated rings. The minimum absolute atomic E-state index is 0.0371. The fraction of sp³-hybridized carbons (Fsp3) is 0.450. The number of hydrogen-bond donors (Lipinski definition) is 1. The van der Waals surface area contributed by atoms with Crippen molar-refractivity contribution in [3.8, 4) is 6.07 Å². The minimum Gasteiger partial charge on any atom is -0.353 e. The summed E-state index contributed by atoms with van der Waals surface area (Å²) < 4.78 is 27.9. The van der Waals surface area contributed by atoms with Gasteiger partial charge in [0, 0.05) is 19.1 Å². The van der Waals surface area contributed by atoms with E-state index < -0.39 is 10.0 Å². The van der Waals surface area contributed by atoms with E-state index in [9.17, 15) is 8.42 Å². The van der Waals surface area contributed by atoms with Gasteiger partial charge >= 0.3 is 0 Å². The van der Waals surface area contributed by atoms with Crippen LogP contribution in [0, 0.1) is 11.3 Å². The molecule has 1 N–H and O–H groups in total. The molecular formula is C20H25N5O2S. The van der Waals surface area contributed by atoms with E-state index in [0.717, 1.165) is 5.56 Å². The van der Waals surface area contributed by atoms with Gasteiger partial charge in [-0.2, -0.15) is 5.26 Å². The van der Waals surface area contributed by atoms with Crippen LogP contribution in [0.2, 0.25) is 0 Å². The molecule has 1 saturated heterocycles. The third-order valence-corrected chi connectivity index (χ3v) is 6.21. The van der Waals surface area contributed by atoms with E-state index in [1.54, 1.807) is 12.1 Å². The molecule has 8 heteroatoms. The third-order valence-electron chi connectivity index (χ3n) is 4.80. The quantitative estimate of drug-likeness (QED) is 0.828. The second-order valence-electron chi connectivity index (χ2n) is 8.14. The number of benzene rings is 1. The first-order valence-corrected chi connectivity index (χ1v) is 10.9. The highest BCUT2D eigenvalue weighted by Gasteiger charge is 2.27. The van der Waals surface area contributed by atoms with E-state index in [1.165, 1.54) is 5.56 Å². The highest BCUT2D eigenvalue weighted by Crippen LogP contribution is 2.23. The Morgan fingerprint density at radius 3 is 2.46 bits per heavy atom. The molecule has 0 radical (unpaired) electrons. The second kappa shape index (κ2) is 7.86. The van der Waals surface area contributed by atoms with Gasteiger partial charge in [0.15, 0.2) is 11.5 Å². The summed E-state index contributed by atoms with van der Waals surface area (Å²) in [7, 11) is -3.44. The van der Waals surface area contributed by atoms with E-state index in [4.69, 9.17) is 5.26 Å². The number of rotatable bonds is 5. The maximum atomic E-state index is 12.6. The summed E-state index contributed by atoms with van der Waals surface area (Å²) in [6.07, 6.45) is 0.698. The van der Waals surface area contributed by atoms with Crippen LogP contribution in [-0.4, -0.2) is 37.7 Å². The molecule has 1 aliphatic heterocycles. The van der Waals surface area contributed by atoms with Crippen LogP contribution in [0.25, 0.3) is 0 Å². The van der Waals surface area contributed by atoms with Crippen LogP contribution < -0.4 is 9.62 Å². The summed E-state index contributed by atoms with van der Waals surface area (Å²) in [5.74, 6) is 0.614. The van der Waals surface area contributed by atoms with Crippen molar-refractivity contribution in [2.24, 2.45) is 0 Å². The average molecular weight is 400 g/mol. The molecule has 1 atom stereocenters. The Labute approximate surface area is 166 Å². The van der Waals surface area contributed by atoms with Crippen LogP contribution in [0.5, 0.6) is 0 Å². The van der Waals surface area contributed by atoms with Crippen molar-refractivity contribution in [1.29, 1.82) is 5.26 Å². The maximum Gasteiger partial charge on any atom is 0.216 e. The third kappa shape index (κ3) is 5.06. The maximum absolute atomic E-state index is 12.6. The van der Waals surface area contributed by atoms with E-state index in [1.807, 2.05) is 35.2 Å². The monoisotopic (exact) mass is 399 g/mol. The Balaban J connectivity index is 1.59. The van der Waals surface area contributed by atoms with Gasteiger partial charge in [-0.05, 0) is 35.1 Å². The number of sulfonamides is 1. The first-order valence-electron chi connectivity index (χ1n) is 9.24. The van der Waals surface area contributed by atoms with Crippen LogP contribution >= 0.6 is 0 Å². The molecule has 1 aromatic heterocycles. The summed E-state index contributed by atoms with van der Waals surface area (Å²) in [5, 5.41) is 16.7. The molecule has 148 valence electrons. The van der Waals surface area contributed by atoms with Gasteiger partial charge < -0.3 is 4.90 Å². The Kier molecular flexibility index (Phi) is 5.68. The Bertz CT molecular complexity index is 958. The van der Waals surface area contributed by atoms with Crippen molar-refractivity contribution in [3.63, 3.8) is 0 Å². The van der Waals surface area contributed by atoms with E-state index in [0.29, 0.717) is 25.3 Å². The number of anilines is 1. The minimum atomic E-state index is -3.44. The lowest BCUT2D eigenvalue weighted by atomic mass is 9.87. The van der Waals surface area contributed by atoms with Gasteiger partial charge in [-0.3, -0.25) is 0 Å². The van der Waals surface area contributed by atoms with Crippen LogP contribution in [0.1, 0.15) is 44.0 Å². The summed E-state index contributed by atoms with van der Waals surface area (Å²) in [4.78, 5) is 1.97. The molecule has 1 aromatic carbocycles. The first-order chi connectivity index (χ1) is 13.2.